The van der Waals surface area contributed by atoms with Gasteiger partial charge in [0, 0.05) is 11.1 Å². The van der Waals surface area contributed by atoms with E-state index in [2.05, 4.69) is 10.2 Å². The first-order valence-electron chi connectivity index (χ1n) is 5.04. The monoisotopic (exact) mass is 296 g/mol. The Balaban J connectivity index is 2.59. The van der Waals surface area contributed by atoms with E-state index in [1.54, 1.807) is 0 Å². The highest BCUT2D eigenvalue weighted by Gasteiger charge is 2.28. The van der Waals surface area contributed by atoms with Gasteiger partial charge in [0.2, 0.25) is 11.5 Å². The van der Waals surface area contributed by atoms with Crippen molar-refractivity contribution in [2.45, 2.75) is 0 Å². The number of aromatic nitrogens is 3. The van der Waals surface area contributed by atoms with Crippen molar-refractivity contribution in [3.05, 3.63) is 50.3 Å². The van der Waals surface area contributed by atoms with Crippen LogP contribution < -0.4 is 0 Å². The molecule has 0 fully saturated rings. The molecule has 0 amide bonds. The Morgan fingerprint density at radius 2 is 1.95 bits per heavy atom. The Morgan fingerprint density at radius 1 is 1.30 bits per heavy atom. The van der Waals surface area contributed by atoms with E-state index >= 15 is 0 Å². The number of H-pyrrole nitrogens is 1. The second-order valence-electron chi connectivity index (χ2n) is 3.57. The normalized spacial score (nSPS) is 10.2. The van der Waals surface area contributed by atoms with Crippen molar-refractivity contribution in [3.63, 3.8) is 0 Å². The molecule has 1 aromatic carbocycles. The summed E-state index contributed by atoms with van der Waals surface area (Å²) in [6.45, 7) is 0. The van der Waals surface area contributed by atoms with Gasteiger partial charge in [-0.2, -0.15) is 10.3 Å². The number of carbonyl (C=O) groups excluding carboxylic acids is 1. The van der Waals surface area contributed by atoms with Gasteiger partial charge < -0.3 is 5.11 Å². The van der Waals surface area contributed by atoms with Crippen molar-refractivity contribution in [1.82, 2.24) is 15.4 Å². The van der Waals surface area contributed by atoms with E-state index in [1.165, 1.54) is 6.07 Å². The molecule has 0 atom stereocenters. The standard InChI is InChI=1S/C10H5ClN4O5/c11-4-1-2-6(15(19)20)5(3-4)9(16)7-8(10(17)18)13-14-12-7/h1-3H,(H,17,18)(H,12,13,14). The first kappa shape index (κ1) is 13.6. The van der Waals surface area contributed by atoms with E-state index in [4.69, 9.17) is 16.7 Å². The van der Waals surface area contributed by atoms with Crippen LogP contribution in [0.1, 0.15) is 26.5 Å². The Hall–Kier alpha value is -2.81. The second-order valence-corrected chi connectivity index (χ2v) is 4.01. The zero-order chi connectivity index (χ0) is 14.9. The molecule has 0 aliphatic carbocycles. The molecule has 0 aliphatic heterocycles. The Bertz CT molecular complexity index is 726. The molecule has 0 bridgehead atoms. The number of nitrogens with one attached hydrogen (secondary N) is 1. The minimum absolute atomic E-state index is 0.0966. The maximum atomic E-state index is 12.2. The molecule has 0 spiro atoms. The van der Waals surface area contributed by atoms with Gasteiger partial charge in [0.1, 0.15) is 5.56 Å². The van der Waals surface area contributed by atoms with Gasteiger partial charge in [0.15, 0.2) is 5.69 Å². The molecule has 0 saturated carbocycles. The van der Waals surface area contributed by atoms with Crippen LogP contribution in [0.2, 0.25) is 5.02 Å². The fraction of sp³-hybridized carbons (Fsp3) is 0. The molecule has 102 valence electrons. The molecule has 20 heavy (non-hydrogen) atoms. The predicted molar refractivity (Wildman–Crippen MR) is 64.9 cm³/mol. The highest BCUT2D eigenvalue weighted by molar-refractivity contribution is 6.31. The van der Waals surface area contributed by atoms with Crippen LogP contribution in [0.4, 0.5) is 5.69 Å². The average molecular weight is 297 g/mol. The summed E-state index contributed by atoms with van der Waals surface area (Å²) >= 11 is 5.69. The average Bonchev–Trinajstić information content (AvgIpc) is 2.86. The molecular weight excluding hydrogens is 292 g/mol. The lowest BCUT2D eigenvalue weighted by molar-refractivity contribution is -0.385. The van der Waals surface area contributed by atoms with Crippen LogP contribution in [0.5, 0.6) is 0 Å². The lowest BCUT2D eigenvalue weighted by Crippen LogP contribution is -2.11. The zero-order valence-electron chi connectivity index (χ0n) is 9.53. The van der Waals surface area contributed by atoms with E-state index in [0.717, 1.165) is 12.1 Å². The quantitative estimate of drug-likeness (QED) is 0.492. The number of aromatic carboxylic acids is 1. The Morgan fingerprint density at radius 3 is 2.55 bits per heavy atom. The van der Waals surface area contributed by atoms with E-state index in [1.807, 2.05) is 5.21 Å². The van der Waals surface area contributed by atoms with Gasteiger partial charge >= 0.3 is 5.97 Å². The third-order valence-corrected chi connectivity index (χ3v) is 2.60. The molecule has 1 aromatic heterocycles. The first-order chi connectivity index (χ1) is 9.41. The fourth-order valence-corrected chi connectivity index (χ4v) is 1.69. The summed E-state index contributed by atoms with van der Waals surface area (Å²) in [4.78, 5) is 33.1. The summed E-state index contributed by atoms with van der Waals surface area (Å²) in [5.74, 6) is -2.43. The van der Waals surface area contributed by atoms with Crippen LogP contribution in [-0.2, 0) is 0 Å². The summed E-state index contributed by atoms with van der Waals surface area (Å²) in [5.41, 5.74) is -2.01. The Kier molecular flexibility index (Phi) is 3.44. The smallest absolute Gasteiger partial charge is 0.358 e. The van der Waals surface area contributed by atoms with E-state index in [0.29, 0.717) is 0 Å². The molecular formula is C10H5ClN4O5. The van der Waals surface area contributed by atoms with Gasteiger partial charge in [-0.1, -0.05) is 11.6 Å². The van der Waals surface area contributed by atoms with Crippen molar-refractivity contribution in [3.8, 4) is 0 Å². The van der Waals surface area contributed by atoms with E-state index in [-0.39, 0.29) is 10.6 Å². The molecule has 1 heterocycles. The number of nitro benzene ring substituents is 1. The summed E-state index contributed by atoms with van der Waals surface area (Å²) in [6.07, 6.45) is 0. The molecule has 0 radical (unpaired) electrons. The van der Waals surface area contributed by atoms with Crippen LogP contribution in [-0.4, -0.2) is 37.2 Å². The van der Waals surface area contributed by atoms with Gasteiger partial charge in [0.05, 0.1) is 4.92 Å². The van der Waals surface area contributed by atoms with Crippen LogP contribution in [0.25, 0.3) is 0 Å². The van der Waals surface area contributed by atoms with Crippen LogP contribution in [0, 0.1) is 10.1 Å². The lowest BCUT2D eigenvalue weighted by Gasteiger charge is -2.01. The van der Waals surface area contributed by atoms with Gasteiger partial charge in [-0.25, -0.2) is 4.79 Å². The fourth-order valence-electron chi connectivity index (χ4n) is 1.52. The van der Waals surface area contributed by atoms with Crippen LogP contribution in [0.3, 0.4) is 0 Å². The van der Waals surface area contributed by atoms with Crippen LogP contribution in [0.15, 0.2) is 18.2 Å². The van der Waals surface area contributed by atoms with E-state index < -0.39 is 33.8 Å². The number of ketones is 1. The summed E-state index contributed by atoms with van der Waals surface area (Å²) in [7, 11) is 0. The minimum Gasteiger partial charge on any atom is -0.476 e. The maximum Gasteiger partial charge on any atom is 0.358 e. The summed E-state index contributed by atoms with van der Waals surface area (Å²) in [5, 5.41) is 28.5. The first-order valence-corrected chi connectivity index (χ1v) is 5.42. The van der Waals surface area contributed by atoms with Gasteiger partial charge in [-0.05, 0) is 12.1 Å². The number of hydrogen-bond acceptors (Lipinski definition) is 6. The zero-order valence-corrected chi connectivity index (χ0v) is 10.3. The number of carboxylic acid groups (broad SMARTS) is 1. The number of carboxylic acids is 1. The SMILES string of the molecule is O=C(O)c1n[nH]nc1C(=O)c1cc(Cl)ccc1[N+](=O)[O-]. The third-order valence-electron chi connectivity index (χ3n) is 2.37. The Labute approximate surface area is 115 Å². The highest BCUT2D eigenvalue weighted by Crippen LogP contribution is 2.25. The number of hydrogen-bond donors (Lipinski definition) is 2. The number of rotatable bonds is 4. The number of carbonyl (C=O) groups is 2. The van der Waals surface area contributed by atoms with Crippen LogP contribution >= 0.6 is 11.6 Å². The van der Waals surface area contributed by atoms with Crippen molar-refractivity contribution in [2.24, 2.45) is 0 Å². The molecule has 0 unspecified atom stereocenters. The molecule has 9 nitrogen and oxygen atoms in total. The number of nitro groups is 1. The van der Waals surface area contributed by atoms with Gasteiger partial charge in [0.25, 0.3) is 5.69 Å². The van der Waals surface area contributed by atoms with Crippen molar-refractivity contribution < 1.29 is 19.6 Å². The predicted octanol–water partition coefficient (Wildman–Crippen LogP) is 1.30. The summed E-state index contributed by atoms with van der Waals surface area (Å²) < 4.78 is 0. The molecule has 0 aliphatic rings. The topological polar surface area (TPSA) is 139 Å². The number of halogens is 1. The molecule has 2 N–H and O–H groups in total. The highest BCUT2D eigenvalue weighted by atomic mass is 35.5. The number of benzene rings is 1. The molecule has 2 aromatic rings. The van der Waals surface area contributed by atoms with E-state index in [9.17, 15) is 19.7 Å². The molecule has 2 rings (SSSR count). The van der Waals surface area contributed by atoms with Gasteiger partial charge in [-0.3, -0.25) is 14.9 Å². The maximum absolute atomic E-state index is 12.2. The number of aromatic amines is 1. The van der Waals surface area contributed by atoms with Gasteiger partial charge in [-0.15, -0.1) is 5.10 Å². The van der Waals surface area contributed by atoms with Crippen molar-refractivity contribution in [2.75, 3.05) is 0 Å². The molecule has 0 saturated heterocycles. The van der Waals surface area contributed by atoms with Crippen molar-refractivity contribution >= 4 is 29.0 Å². The third kappa shape index (κ3) is 2.34. The minimum atomic E-state index is -1.48. The lowest BCUT2D eigenvalue weighted by atomic mass is 10.0. The molecule has 10 heteroatoms. The van der Waals surface area contributed by atoms with Crippen molar-refractivity contribution in [1.29, 1.82) is 0 Å². The number of nitrogens with zero attached hydrogens (tertiary/aromatic N) is 3. The largest absolute Gasteiger partial charge is 0.476 e. The second kappa shape index (κ2) is 5.05. The summed E-state index contributed by atoms with van der Waals surface area (Å²) in [6, 6.07) is 3.37.